The van der Waals surface area contributed by atoms with Gasteiger partial charge in [-0.2, -0.15) is 0 Å². The van der Waals surface area contributed by atoms with Gasteiger partial charge in [0.2, 0.25) is 0 Å². The average Bonchev–Trinajstić information content (AvgIpc) is 2.30. The number of nitrogens with one attached hydrogen (secondary N) is 1. The Labute approximate surface area is 94.3 Å². The van der Waals surface area contributed by atoms with Crippen LogP contribution in [0.2, 0.25) is 0 Å². The van der Waals surface area contributed by atoms with Gasteiger partial charge >= 0.3 is 5.97 Å². The maximum Gasteiger partial charge on any atom is 0.335 e. The fourth-order valence-electron chi connectivity index (χ4n) is 1.84. The van der Waals surface area contributed by atoms with Gasteiger partial charge in [0.1, 0.15) is 5.82 Å². The van der Waals surface area contributed by atoms with Crippen LogP contribution in [0.5, 0.6) is 0 Å². The number of rotatable bonds is 2. The van der Waals surface area contributed by atoms with Crippen molar-refractivity contribution in [2.75, 3.05) is 38.1 Å². The number of aromatic nitrogens is 1. The standard InChI is InChI=1S/C11H15N3O2/c1-13-4-6-14(7-5-13)10-8-9(11(15)16)2-3-12-10/h2-3,8H,4-7H2,1H3,(H,15,16)/p+1. The van der Waals surface area contributed by atoms with Gasteiger partial charge in [0, 0.05) is 6.20 Å². The number of carbonyl (C=O) groups is 1. The Hall–Kier alpha value is -1.62. The lowest BCUT2D eigenvalue weighted by atomic mass is 10.2. The number of quaternary nitrogens is 1. The lowest BCUT2D eigenvalue weighted by Gasteiger charge is -2.30. The molecule has 1 aromatic rings. The summed E-state index contributed by atoms with van der Waals surface area (Å²) in [5.41, 5.74) is 0.302. The minimum atomic E-state index is -0.900. The Kier molecular flexibility index (Phi) is 3.05. The van der Waals surface area contributed by atoms with Gasteiger partial charge in [-0.1, -0.05) is 0 Å². The second-order valence-corrected chi connectivity index (χ2v) is 4.15. The molecule has 0 atom stereocenters. The third-order valence-corrected chi connectivity index (χ3v) is 2.93. The smallest absolute Gasteiger partial charge is 0.335 e. The first-order valence-corrected chi connectivity index (χ1v) is 5.42. The van der Waals surface area contributed by atoms with Crippen LogP contribution in [0.1, 0.15) is 10.4 Å². The molecule has 86 valence electrons. The van der Waals surface area contributed by atoms with Crippen LogP contribution >= 0.6 is 0 Å². The van der Waals surface area contributed by atoms with Crippen molar-refractivity contribution in [2.24, 2.45) is 0 Å². The van der Waals surface area contributed by atoms with Crippen LogP contribution in [-0.4, -0.2) is 49.3 Å². The Bertz CT molecular complexity index is 387. The summed E-state index contributed by atoms with van der Waals surface area (Å²) in [5, 5.41) is 8.90. The number of nitrogens with zero attached hydrogens (tertiary/aromatic N) is 2. The van der Waals surface area contributed by atoms with Crippen molar-refractivity contribution >= 4 is 11.8 Å². The minimum absolute atomic E-state index is 0.302. The molecule has 1 fully saturated rings. The molecule has 5 nitrogen and oxygen atoms in total. The fraction of sp³-hybridized carbons (Fsp3) is 0.455. The van der Waals surface area contributed by atoms with Gasteiger partial charge in [-0.15, -0.1) is 0 Å². The number of carboxylic acid groups (broad SMARTS) is 1. The molecule has 1 saturated heterocycles. The Morgan fingerprint density at radius 1 is 1.50 bits per heavy atom. The quantitative estimate of drug-likeness (QED) is 0.682. The molecule has 2 N–H and O–H groups in total. The molecular formula is C11H16N3O2+. The van der Waals surface area contributed by atoms with Crippen LogP contribution in [0.25, 0.3) is 0 Å². The first kappa shape index (κ1) is 10.9. The van der Waals surface area contributed by atoms with E-state index in [2.05, 4.69) is 16.9 Å². The normalized spacial score (nSPS) is 17.4. The highest BCUT2D eigenvalue weighted by molar-refractivity contribution is 5.88. The number of pyridine rings is 1. The van der Waals surface area contributed by atoms with Gasteiger partial charge in [0.15, 0.2) is 0 Å². The van der Waals surface area contributed by atoms with Crippen molar-refractivity contribution in [2.45, 2.75) is 0 Å². The molecule has 1 aliphatic rings. The van der Waals surface area contributed by atoms with Gasteiger partial charge in [0.25, 0.3) is 0 Å². The molecule has 2 rings (SSSR count). The molecule has 0 aliphatic carbocycles. The minimum Gasteiger partial charge on any atom is -0.478 e. The van der Waals surface area contributed by atoms with Crippen molar-refractivity contribution in [3.05, 3.63) is 23.9 Å². The largest absolute Gasteiger partial charge is 0.478 e. The predicted octanol–water partition coefficient (Wildman–Crippen LogP) is -0.885. The van der Waals surface area contributed by atoms with Gasteiger partial charge in [-0.25, -0.2) is 9.78 Å². The SMILES string of the molecule is C[NH+]1CCN(c2cc(C(=O)O)ccn2)CC1. The highest BCUT2D eigenvalue weighted by Gasteiger charge is 2.18. The Morgan fingerprint density at radius 3 is 2.81 bits per heavy atom. The lowest BCUT2D eigenvalue weighted by Crippen LogP contribution is -3.12. The topological polar surface area (TPSA) is 57.9 Å². The summed E-state index contributed by atoms with van der Waals surface area (Å²) in [6, 6.07) is 3.16. The average molecular weight is 222 g/mol. The molecular weight excluding hydrogens is 206 g/mol. The lowest BCUT2D eigenvalue weighted by molar-refractivity contribution is -0.880. The zero-order valence-electron chi connectivity index (χ0n) is 9.31. The molecule has 0 spiro atoms. The van der Waals surface area contributed by atoms with Gasteiger partial charge < -0.3 is 14.9 Å². The number of hydrogen-bond donors (Lipinski definition) is 2. The third kappa shape index (κ3) is 2.30. The van der Waals surface area contributed by atoms with Gasteiger partial charge in [-0.05, 0) is 12.1 Å². The molecule has 1 aliphatic heterocycles. The maximum atomic E-state index is 10.8. The molecule has 0 aromatic carbocycles. The van der Waals surface area contributed by atoms with Crippen LogP contribution in [-0.2, 0) is 0 Å². The van der Waals surface area contributed by atoms with E-state index in [0.717, 1.165) is 32.0 Å². The number of anilines is 1. The summed E-state index contributed by atoms with van der Waals surface area (Å²) in [6.07, 6.45) is 1.56. The molecule has 0 amide bonds. The number of piperazine rings is 1. The fourth-order valence-corrected chi connectivity index (χ4v) is 1.84. The Morgan fingerprint density at radius 2 is 2.19 bits per heavy atom. The number of aromatic carboxylic acids is 1. The highest BCUT2D eigenvalue weighted by Crippen LogP contribution is 2.12. The van der Waals surface area contributed by atoms with Crippen molar-refractivity contribution in [1.29, 1.82) is 0 Å². The molecule has 0 radical (unpaired) electrons. The van der Waals surface area contributed by atoms with E-state index in [9.17, 15) is 4.79 Å². The summed E-state index contributed by atoms with van der Waals surface area (Å²) in [7, 11) is 2.17. The number of likely N-dealkylation sites (N-methyl/N-ethyl adjacent to an activating group) is 1. The molecule has 16 heavy (non-hydrogen) atoms. The molecule has 2 heterocycles. The molecule has 5 heteroatoms. The van der Waals surface area contributed by atoms with Crippen LogP contribution in [0.3, 0.4) is 0 Å². The summed E-state index contributed by atoms with van der Waals surface area (Å²) in [6.45, 7) is 4.00. The molecule has 0 saturated carbocycles. The van der Waals surface area contributed by atoms with Crippen LogP contribution in [0.15, 0.2) is 18.3 Å². The van der Waals surface area contributed by atoms with Gasteiger partial charge in [-0.3, -0.25) is 0 Å². The van der Waals surface area contributed by atoms with Crippen LogP contribution in [0.4, 0.5) is 5.82 Å². The third-order valence-electron chi connectivity index (χ3n) is 2.93. The molecule has 0 bridgehead atoms. The van der Waals surface area contributed by atoms with Gasteiger partial charge in [0.05, 0.1) is 38.8 Å². The van der Waals surface area contributed by atoms with Crippen molar-refractivity contribution in [1.82, 2.24) is 4.98 Å². The van der Waals surface area contributed by atoms with E-state index in [-0.39, 0.29) is 0 Å². The summed E-state index contributed by atoms with van der Waals surface area (Å²) < 4.78 is 0. The van der Waals surface area contributed by atoms with E-state index in [4.69, 9.17) is 5.11 Å². The van der Waals surface area contributed by atoms with E-state index >= 15 is 0 Å². The second kappa shape index (κ2) is 4.49. The van der Waals surface area contributed by atoms with Crippen molar-refractivity contribution in [3.63, 3.8) is 0 Å². The second-order valence-electron chi connectivity index (χ2n) is 4.15. The van der Waals surface area contributed by atoms with E-state index in [1.54, 1.807) is 12.3 Å². The van der Waals surface area contributed by atoms with E-state index < -0.39 is 5.97 Å². The maximum absolute atomic E-state index is 10.8. The van der Waals surface area contributed by atoms with E-state index in [0.29, 0.717) is 5.56 Å². The number of hydrogen-bond acceptors (Lipinski definition) is 3. The van der Waals surface area contributed by atoms with E-state index in [1.807, 2.05) is 0 Å². The highest BCUT2D eigenvalue weighted by atomic mass is 16.4. The Balaban J connectivity index is 2.14. The number of carboxylic acids is 1. The zero-order valence-corrected chi connectivity index (χ0v) is 9.31. The van der Waals surface area contributed by atoms with E-state index in [1.165, 1.54) is 11.0 Å². The van der Waals surface area contributed by atoms with Crippen LogP contribution < -0.4 is 9.80 Å². The van der Waals surface area contributed by atoms with Crippen molar-refractivity contribution in [3.8, 4) is 0 Å². The first-order valence-electron chi connectivity index (χ1n) is 5.42. The predicted molar refractivity (Wildman–Crippen MR) is 60.0 cm³/mol. The summed E-state index contributed by atoms with van der Waals surface area (Å²) >= 11 is 0. The first-order chi connectivity index (χ1) is 7.66. The van der Waals surface area contributed by atoms with Crippen LogP contribution in [0, 0.1) is 0 Å². The molecule has 1 aromatic heterocycles. The molecule has 0 unspecified atom stereocenters. The summed E-state index contributed by atoms with van der Waals surface area (Å²) in [4.78, 5) is 18.7. The zero-order chi connectivity index (χ0) is 11.5. The van der Waals surface area contributed by atoms with Crippen molar-refractivity contribution < 1.29 is 14.8 Å². The monoisotopic (exact) mass is 222 g/mol. The summed E-state index contributed by atoms with van der Waals surface area (Å²) in [5.74, 6) is -0.129.